The van der Waals surface area contributed by atoms with Gasteiger partial charge < -0.3 is 5.32 Å². The number of halogens is 3. The van der Waals surface area contributed by atoms with E-state index in [0.717, 1.165) is 11.4 Å². The summed E-state index contributed by atoms with van der Waals surface area (Å²) in [6, 6.07) is 0. The number of aromatic nitrogens is 1. The Morgan fingerprint density at radius 1 is 1.53 bits per heavy atom. The highest BCUT2D eigenvalue weighted by Crippen LogP contribution is 2.13. The molecule has 1 aromatic rings. The van der Waals surface area contributed by atoms with Gasteiger partial charge in [0.25, 0.3) is 0 Å². The van der Waals surface area contributed by atoms with Gasteiger partial charge in [-0.05, 0) is 12.5 Å². The quantitative estimate of drug-likeness (QED) is 0.852. The lowest BCUT2D eigenvalue weighted by Gasteiger charge is -2.12. The van der Waals surface area contributed by atoms with Gasteiger partial charge in [0.15, 0.2) is 0 Å². The molecule has 1 rings (SSSR count). The summed E-state index contributed by atoms with van der Waals surface area (Å²) in [4.78, 5) is 4.08. The van der Waals surface area contributed by atoms with Crippen molar-refractivity contribution in [3.63, 3.8) is 0 Å². The minimum atomic E-state index is -4.12. The second-order valence-electron chi connectivity index (χ2n) is 3.48. The summed E-state index contributed by atoms with van der Waals surface area (Å²) in [6.07, 6.45) is -1.70. The average Bonchev–Trinajstić information content (AvgIpc) is 2.54. The lowest BCUT2D eigenvalue weighted by molar-refractivity contribution is -0.125. The Kier molecular flexibility index (Phi) is 4.53. The predicted octanol–water partition coefficient (Wildman–Crippen LogP) is 2.47. The van der Waals surface area contributed by atoms with E-state index in [1.165, 1.54) is 11.3 Å². The van der Waals surface area contributed by atoms with Crippen molar-refractivity contribution in [1.82, 2.24) is 10.3 Å². The van der Waals surface area contributed by atoms with E-state index in [4.69, 9.17) is 0 Å². The summed E-state index contributed by atoms with van der Waals surface area (Å²) in [5, 5.41) is 5.22. The van der Waals surface area contributed by atoms with Gasteiger partial charge in [-0.2, -0.15) is 13.2 Å². The van der Waals surface area contributed by atoms with Crippen LogP contribution in [0.1, 0.15) is 11.9 Å². The first-order chi connectivity index (χ1) is 6.97. The van der Waals surface area contributed by atoms with Crippen LogP contribution in [-0.2, 0) is 6.42 Å². The van der Waals surface area contributed by atoms with Crippen LogP contribution in [-0.4, -0.2) is 24.2 Å². The van der Waals surface area contributed by atoms with Crippen molar-refractivity contribution in [3.8, 4) is 0 Å². The van der Waals surface area contributed by atoms with Crippen LogP contribution < -0.4 is 5.32 Å². The first-order valence-electron chi connectivity index (χ1n) is 4.63. The highest BCUT2D eigenvalue weighted by Gasteiger charge is 2.26. The average molecular weight is 238 g/mol. The van der Waals surface area contributed by atoms with Gasteiger partial charge in [0, 0.05) is 18.0 Å². The molecule has 0 amide bonds. The molecule has 1 N–H and O–H groups in total. The van der Waals surface area contributed by atoms with Crippen molar-refractivity contribution in [1.29, 1.82) is 0 Å². The number of alkyl halides is 3. The molecule has 0 aliphatic carbocycles. The van der Waals surface area contributed by atoms with E-state index in [-0.39, 0.29) is 5.92 Å². The zero-order chi connectivity index (χ0) is 11.3. The van der Waals surface area contributed by atoms with Gasteiger partial charge in [-0.1, -0.05) is 6.92 Å². The maximum atomic E-state index is 11.8. The Balaban J connectivity index is 2.17. The van der Waals surface area contributed by atoms with Crippen LogP contribution in [0.3, 0.4) is 0 Å². The van der Waals surface area contributed by atoms with Crippen molar-refractivity contribution >= 4 is 11.3 Å². The lowest BCUT2D eigenvalue weighted by atomic mass is 10.1. The highest BCUT2D eigenvalue weighted by atomic mass is 32.1. The van der Waals surface area contributed by atoms with Crippen LogP contribution in [0.15, 0.2) is 11.6 Å². The van der Waals surface area contributed by atoms with Crippen LogP contribution in [0.5, 0.6) is 0 Å². The van der Waals surface area contributed by atoms with Crippen LogP contribution in [0.25, 0.3) is 0 Å². The molecule has 1 heterocycles. The fourth-order valence-corrected chi connectivity index (χ4v) is 1.97. The second-order valence-corrected chi connectivity index (χ2v) is 4.46. The fourth-order valence-electron chi connectivity index (χ4n) is 1.18. The molecule has 0 saturated carbocycles. The lowest BCUT2D eigenvalue weighted by Crippen LogP contribution is -2.32. The summed E-state index contributed by atoms with van der Waals surface area (Å²) in [6.45, 7) is 1.35. The molecule has 1 aromatic heterocycles. The number of rotatable bonds is 5. The summed E-state index contributed by atoms with van der Waals surface area (Å²) in [7, 11) is 0. The maximum Gasteiger partial charge on any atom is 0.401 e. The van der Waals surface area contributed by atoms with Crippen LogP contribution in [0.4, 0.5) is 13.2 Å². The summed E-state index contributed by atoms with van der Waals surface area (Å²) in [5.41, 5.74) is 0. The molecule has 0 aromatic carbocycles. The van der Waals surface area contributed by atoms with E-state index in [9.17, 15) is 13.2 Å². The van der Waals surface area contributed by atoms with E-state index < -0.39 is 12.7 Å². The van der Waals surface area contributed by atoms with Gasteiger partial charge in [0.1, 0.15) is 0 Å². The predicted molar refractivity (Wildman–Crippen MR) is 53.9 cm³/mol. The molecule has 0 aliphatic heterocycles. The molecular formula is C9H13F3N2S. The Morgan fingerprint density at radius 2 is 2.27 bits per heavy atom. The van der Waals surface area contributed by atoms with E-state index in [2.05, 4.69) is 10.3 Å². The number of hydrogen-bond donors (Lipinski definition) is 1. The molecular weight excluding hydrogens is 225 g/mol. The van der Waals surface area contributed by atoms with Gasteiger partial charge in [-0.15, -0.1) is 11.3 Å². The molecule has 1 atom stereocenters. The second kappa shape index (κ2) is 5.46. The van der Waals surface area contributed by atoms with Crippen LogP contribution in [0, 0.1) is 5.92 Å². The molecule has 2 nitrogen and oxygen atoms in total. The minimum Gasteiger partial charge on any atom is -0.308 e. The van der Waals surface area contributed by atoms with Crippen molar-refractivity contribution in [2.24, 2.45) is 5.92 Å². The Labute approximate surface area is 90.5 Å². The zero-order valence-corrected chi connectivity index (χ0v) is 9.16. The standard InChI is InChI=1S/C9H13F3N2S/c1-7(4-8-14-2-3-15-8)5-13-6-9(10,11)12/h2-3,7,13H,4-6H2,1H3. The van der Waals surface area contributed by atoms with Crippen molar-refractivity contribution in [3.05, 3.63) is 16.6 Å². The topological polar surface area (TPSA) is 24.9 Å². The molecule has 15 heavy (non-hydrogen) atoms. The van der Waals surface area contributed by atoms with E-state index in [1.807, 2.05) is 12.3 Å². The van der Waals surface area contributed by atoms with E-state index in [1.54, 1.807) is 6.20 Å². The van der Waals surface area contributed by atoms with Gasteiger partial charge in [-0.3, -0.25) is 0 Å². The third kappa shape index (κ3) is 5.74. The van der Waals surface area contributed by atoms with Crippen LogP contribution >= 0.6 is 11.3 Å². The Bertz CT molecular complexity index is 271. The molecule has 0 aliphatic rings. The van der Waals surface area contributed by atoms with Gasteiger partial charge in [0.05, 0.1) is 11.6 Å². The van der Waals surface area contributed by atoms with Crippen LogP contribution in [0.2, 0.25) is 0 Å². The van der Waals surface area contributed by atoms with Crippen molar-refractivity contribution < 1.29 is 13.2 Å². The molecule has 0 radical (unpaired) electrons. The first-order valence-corrected chi connectivity index (χ1v) is 5.51. The molecule has 1 unspecified atom stereocenters. The number of hydrogen-bond acceptors (Lipinski definition) is 3. The molecule has 0 spiro atoms. The number of thiazole rings is 1. The molecule has 6 heteroatoms. The van der Waals surface area contributed by atoms with E-state index >= 15 is 0 Å². The molecule has 0 saturated heterocycles. The number of nitrogens with zero attached hydrogens (tertiary/aromatic N) is 1. The minimum absolute atomic E-state index is 0.165. The zero-order valence-electron chi connectivity index (χ0n) is 8.34. The van der Waals surface area contributed by atoms with Gasteiger partial charge in [0.2, 0.25) is 0 Å². The largest absolute Gasteiger partial charge is 0.401 e. The summed E-state index contributed by atoms with van der Waals surface area (Å²) >= 11 is 1.53. The first kappa shape index (κ1) is 12.4. The van der Waals surface area contributed by atoms with Gasteiger partial charge in [-0.25, -0.2) is 4.98 Å². The Hall–Kier alpha value is -0.620. The SMILES string of the molecule is CC(CNCC(F)(F)F)Cc1nccs1. The molecule has 0 fully saturated rings. The summed E-state index contributed by atoms with van der Waals surface area (Å²) in [5.74, 6) is 0.165. The molecule has 0 bridgehead atoms. The summed E-state index contributed by atoms with van der Waals surface area (Å²) < 4.78 is 35.4. The maximum absolute atomic E-state index is 11.8. The van der Waals surface area contributed by atoms with Crippen molar-refractivity contribution in [2.45, 2.75) is 19.5 Å². The highest BCUT2D eigenvalue weighted by molar-refractivity contribution is 7.09. The molecule has 86 valence electrons. The van der Waals surface area contributed by atoms with Crippen molar-refractivity contribution in [2.75, 3.05) is 13.1 Å². The third-order valence-corrected chi connectivity index (χ3v) is 2.63. The third-order valence-electron chi connectivity index (χ3n) is 1.82. The number of nitrogens with one attached hydrogen (secondary N) is 1. The monoisotopic (exact) mass is 238 g/mol. The van der Waals surface area contributed by atoms with E-state index in [0.29, 0.717) is 6.54 Å². The normalized spacial score (nSPS) is 14.1. The fraction of sp³-hybridized carbons (Fsp3) is 0.667. The van der Waals surface area contributed by atoms with Gasteiger partial charge >= 0.3 is 6.18 Å². The Morgan fingerprint density at radius 3 is 2.80 bits per heavy atom. The smallest absolute Gasteiger partial charge is 0.308 e.